The van der Waals surface area contributed by atoms with E-state index >= 15 is 0 Å². The summed E-state index contributed by atoms with van der Waals surface area (Å²) < 4.78 is 32.9. The Hall–Kier alpha value is -3.07. The number of amides is 1. The van der Waals surface area contributed by atoms with Crippen LogP contribution in [0.5, 0.6) is 0 Å². The lowest BCUT2D eigenvalue weighted by Gasteiger charge is -2.31. The number of hydrogen-bond donors (Lipinski definition) is 1. The van der Waals surface area contributed by atoms with E-state index in [-0.39, 0.29) is 25.0 Å². The molecule has 5 rings (SSSR count). The molecule has 2 atom stereocenters. The molecule has 2 N–H and O–H groups in total. The molecule has 186 valence electrons. The van der Waals surface area contributed by atoms with Crippen LogP contribution in [0.15, 0.2) is 41.0 Å². The zero-order valence-corrected chi connectivity index (χ0v) is 19.9. The van der Waals surface area contributed by atoms with E-state index in [2.05, 4.69) is 4.98 Å². The lowest BCUT2D eigenvalue weighted by atomic mass is 9.94. The van der Waals surface area contributed by atoms with E-state index in [0.29, 0.717) is 44.2 Å². The molecule has 1 aromatic carbocycles. The van der Waals surface area contributed by atoms with Crippen molar-refractivity contribution in [3.8, 4) is 0 Å². The fourth-order valence-electron chi connectivity index (χ4n) is 5.08. The van der Waals surface area contributed by atoms with Crippen molar-refractivity contribution < 1.29 is 18.3 Å². The predicted molar refractivity (Wildman–Crippen MR) is 133 cm³/mol. The van der Waals surface area contributed by atoms with E-state index in [0.717, 1.165) is 40.5 Å². The Morgan fingerprint density at radius 1 is 1.20 bits per heavy atom. The Balaban J connectivity index is 1.53. The van der Waals surface area contributed by atoms with E-state index in [1.807, 2.05) is 24.3 Å². The number of ether oxygens (including phenoxy) is 1. The summed E-state index contributed by atoms with van der Waals surface area (Å²) in [6.45, 7) is 4.01. The Morgan fingerprint density at radius 3 is 2.66 bits per heavy atom. The number of halogens is 2. The number of hydrogen-bond acceptors (Lipinski definition) is 6. The molecule has 9 heteroatoms. The molecule has 35 heavy (non-hydrogen) atoms. The molecule has 0 radical (unpaired) electrons. The highest BCUT2D eigenvalue weighted by Gasteiger charge is 2.33. The number of carbonyl (C=O) groups excluding carboxylic acids is 1. The van der Waals surface area contributed by atoms with Gasteiger partial charge in [0.1, 0.15) is 5.82 Å². The molecule has 3 saturated heterocycles. The summed E-state index contributed by atoms with van der Waals surface area (Å²) in [5, 5.41) is 1.73. The van der Waals surface area contributed by atoms with Crippen molar-refractivity contribution in [1.29, 1.82) is 0 Å². The van der Waals surface area contributed by atoms with Crippen LogP contribution >= 0.6 is 0 Å². The average molecular weight is 484 g/mol. The summed E-state index contributed by atoms with van der Waals surface area (Å²) in [5.41, 5.74) is 10.0. The molecular formula is C26H31F2N5O2. The molecule has 0 bridgehead atoms. The molecule has 3 aliphatic heterocycles. The standard InChI is InChI=1S/C26H31F2N5O2/c1-16(34)32-8-5-24(31-18-6-9-35-10-7-18)21(13-32)26(29)19-4-2-3-17-11-25(30-12-20(17)19)33-14-22(27)23(28)15-33/h2-4,11-12,18,22-23H,5-10,13-15,29H2,1H3/t22-,23+. The number of likely N-dealkylation sites (tertiary alicyclic amines) is 1. The summed E-state index contributed by atoms with van der Waals surface area (Å²) in [6, 6.07) is 7.84. The van der Waals surface area contributed by atoms with Crippen LogP contribution in [0.3, 0.4) is 0 Å². The Kier molecular flexibility index (Phi) is 6.69. The van der Waals surface area contributed by atoms with Crippen LogP contribution < -0.4 is 10.6 Å². The number of benzene rings is 1. The minimum atomic E-state index is -1.50. The van der Waals surface area contributed by atoms with E-state index in [9.17, 15) is 13.6 Å². The number of alkyl halides is 2. The van der Waals surface area contributed by atoms with Crippen LogP contribution in [0.25, 0.3) is 16.5 Å². The second-order valence-electron chi connectivity index (χ2n) is 9.51. The molecule has 1 amide bonds. The van der Waals surface area contributed by atoms with Crippen LogP contribution in [0, 0.1) is 0 Å². The van der Waals surface area contributed by atoms with Gasteiger partial charge < -0.3 is 20.3 Å². The van der Waals surface area contributed by atoms with Gasteiger partial charge in [-0.3, -0.25) is 9.79 Å². The van der Waals surface area contributed by atoms with E-state index in [1.54, 1.807) is 22.9 Å². The van der Waals surface area contributed by atoms with Gasteiger partial charge in [-0.05, 0) is 24.3 Å². The first-order valence-corrected chi connectivity index (χ1v) is 12.2. The molecule has 4 heterocycles. The lowest BCUT2D eigenvalue weighted by Crippen LogP contribution is -2.40. The van der Waals surface area contributed by atoms with Gasteiger partial charge in [-0.1, -0.05) is 18.2 Å². The number of nitrogens with two attached hydrogens (primary N) is 1. The smallest absolute Gasteiger partial charge is 0.219 e. The first-order chi connectivity index (χ1) is 16.9. The normalized spacial score (nSPS) is 26.5. The second-order valence-corrected chi connectivity index (χ2v) is 9.51. The highest BCUT2D eigenvalue weighted by atomic mass is 19.2. The lowest BCUT2D eigenvalue weighted by molar-refractivity contribution is -0.128. The van der Waals surface area contributed by atoms with Gasteiger partial charge in [-0.25, -0.2) is 13.8 Å². The van der Waals surface area contributed by atoms with Gasteiger partial charge in [-0.15, -0.1) is 0 Å². The molecule has 2 aromatic rings. The van der Waals surface area contributed by atoms with Gasteiger partial charge in [0.2, 0.25) is 5.91 Å². The predicted octanol–water partition coefficient (Wildman–Crippen LogP) is 3.27. The summed E-state index contributed by atoms with van der Waals surface area (Å²) >= 11 is 0. The number of fused-ring (bicyclic) bond motifs is 1. The molecular weight excluding hydrogens is 452 g/mol. The third-order valence-electron chi connectivity index (χ3n) is 7.16. The molecule has 3 fully saturated rings. The third-order valence-corrected chi connectivity index (χ3v) is 7.16. The highest BCUT2D eigenvalue weighted by Crippen LogP contribution is 2.31. The zero-order valence-electron chi connectivity index (χ0n) is 19.9. The summed E-state index contributed by atoms with van der Waals surface area (Å²) in [4.78, 5) is 25.1. The zero-order chi connectivity index (χ0) is 24.5. The number of piperidine rings is 1. The van der Waals surface area contributed by atoms with Gasteiger partial charge in [0.15, 0.2) is 12.3 Å². The van der Waals surface area contributed by atoms with Crippen molar-refractivity contribution in [2.75, 3.05) is 44.3 Å². The molecule has 0 saturated carbocycles. The van der Waals surface area contributed by atoms with Gasteiger partial charge in [0.05, 0.1) is 19.1 Å². The number of nitrogens with zero attached hydrogens (tertiary/aromatic N) is 4. The fraction of sp³-hybridized carbons (Fsp3) is 0.500. The Labute approximate surface area is 203 Å². The minimum absolute atomic E-state index is 0.00152. The Bertz CT molecular complexity index is 1170. The van der Waals surface area contributed by atoms with Crippen LogP contribution in [0.2, 0.25) is 0 Å². The molecule has 7 nitrogen and oxygen atoms in total. The van der Waals surface area contributed by atoms with Crippen molar-refractivity contribution in [1.82, 2.24) is 9.88 Å². The number of aliphatic imine (C=N–C) groups is 1. The molecule has 0 aliphatic carbocycles. The summed E-state index contributed by atoms with van der Waals surface area (Å²) in [5.74, 6) is 0.554. The summed E-state index contributed by atoms with van der Waals surface area (Å²) in [6.07, 6.45) is 1.14. The number of anilines is 1. The summed E-state index contributed by atoms with van der Waals surface area (Å²) in [7, 11) is 0. The molecule has 3 aliphatic rings. The first-order valence-electron chi connectivity index (χ1n) is 12.2. The maximum absolute atomic E-state index is 13.7. The highest BCUT2D eigenvalue weighted by molar-refractivity contribution is 6.10. The van der Waals surface area contributed by atoms with E-state index in [1.165, 1.54) is 0 Å². The number of aromatic nitrogens is 1. The molecule has 0 unspecified atom stereocenters. The van der Waals surface area contributed by atoms with Crippen LogP contribution in [-0.2, 0) is 9.53 Å². The van der Waals surface area contributed by atoms with Gasteiger partial charge in [0.25, 0.3) is 0 Å². The average Bonchev–Trinajstić information content (AvgIpc) is 3.21. The fourth-order valence-corrected chi connectivity index (χ4v) is 5.08. The van der Waals surface area contributed by atoms with Crippen molar-refractivity contribution in [2.24, 2.45) is 10.7 Å². The van der Waals surface area contributed by atoms with E-state index < -0.39 is 12.3 Å². The third kappa shape index (κ3) is 4.87. The van der Waals surface area contributed by atoms with Crippen LogP contribution in [-0.4, -0.2) is 79.3 Å². The van der Waals surface area contributed by atoms with Crippen LogP contribution in [0.4, 0.5) is 14.6 Å². The van der Waals surface area contributed by atoms with Crippen molar-refractivity contribution in [3.63, 3.8) is 0 Å². The van der Waals surface area contributed by atoms with Crippen molar-refractivity contribution in [2.45, 2.75) is 44.6 Å². The molecule has 0 spiro atoms. The minimum Gasteiger partial charge on any atom is -0.398 e. The monoisotopic (exact) mass is 483 g/mol. The quantitative estimate of drug-likeness (QED) is 0.725. The molecule has 1 aromatic heterocycles. The van der Waals surface area contributed by atoms with Crippen LogP contribution in [0.1, 0.15) is 31.7 Å². The largest absolute Gasteiger partial charge is 0.398 e. The SMILES string of the molecule is CC(=O)N1CCC(=NC2CCOCC2)C(=C(N)c2cccc3cc(N4C[C@@H](F)[C@@H](F)C4)ncc23)C1. The van der Waals surface area contributed by atoms with Gasteiger partial charge in [-0.2, -0.15) is 0 Å². The maximum Gasteiger partial charge on any atom is 0.219 e. The maximum atomic E-state index is 13.7. The first kappa shape index (κ1) is 23.7. The topological polar surface area (TPSA) is 84.0 Å². The number of carbonyl (C=O) groups is 1. The second kappa shape index (κ2) is 9.89. The van der Waals surface area contributed by atoms with Gasteiger partial charge >= 0.3 is 0 Å². The number of pyridine rings is 1. The Morgan fingerprint density at radius 2 is 1.94 bits per heavy atom. The van der Waals surface area contributed by atoms with Crippen molar-refractivity contribution >= 4 is 33.9 Å². The number of rotatable bonds is 3. The van der Waals surface area contributed by atoms with Crippen molar-refractivity contribution in [3.05, 3.63) is 41.6 Å². The van der Waals surface area contributed by atoms with Gasteiger partial charge in [0, 0.05) is 73.8 Å². The van der Waals surface area contributed by atoms with E-state index in [4.69, 9.17) is 15.5 Å².